The Hall–Kier alpha value is -2.86. The number of hydrogen-bond donors (Lipinski definition) is 2. The average molecular weight is 436 g/mol. The summed E-state index contributed by atoms with van der Waals surface area (Å²) in [5.41, 5.74) is 3.20. The van der Waals surface area contributed by atoms with Gasteiger partial charge >= 0.3 is 0 Å². The van der Waals surface area contributed by atoms with Crippen molar-refractivity contribution in [1.29, 1.82) is 0 Å². The topological polar surface area (TPSA) is 60.0 Å². The minimum atomic E-state index is 0.0285. The number of likely N-dealkylation sites (tertiary alicyclic amines) is 1. The molecule has 2 atom stereocenters. The summed E-state index contributed by atoms with van der Waals surface area (Å²) < 4.78 is 0. The van der Waals surface area contributed by atoms with Crippen molar-refractivity contribution < 1.29 is 4.79 Å². The highest BCUT2D eigenvalue weighted by Crippen LogP contribution is 2.20. The zero-order valence-electron chi connectivity index (χ0n) is 19.8. The number of amides is 1. The number of carbonyl (C=O) groups is 1. The third-order valence-electron chi connectivity index (χ3n) is 5.87. The van der Waals surface area contributed by atoms with Gasteiger partial charge in [-0.1, -0.05) is 42.5 Å². The van der Waals surface area contributed by atoms with Crippen LogP contribution in [0.4, 0.5) is 0 Å². The van der Waals surface area contributed by atoms with Gasteiger partial charge in [-0.2, -0.15) is 0 Å². The molecule has 32 heavy (non-hydrogen) atoms. The second-order valence-corrected chi connectivity index (χ2v) is 8.75. The number of guanidine groups is 1. The molecule has 0 spiro atoms. The third kappa shape index (κ3) is 6.82. The Bertz CT molecular complexity index is 896. The lowest BCUT2D eigenvalue weighted by molar-refractivity contribution is 0.0827. The zero-order chi connectivity index (χ0) is 22.9. The molecule has 1 fully saturated rings. The number of nitrogens with one attached hydrogen (secondary N) is 2. The molecular formula is C26H37N5O. The Balaban J connectivity index is 1.55. The molecule has 0 saturated carbocycles. The molecule has 3 rings (SSSR count). The minimum absolute atomic E-state index is 0.0285. The summed E-state index contributed by atoms with van der Waals surface area (Å²) in [5.74, 6) is 0.896. The Morgan fingerprint density at radius 1 is 1.12 bits per heavy atom. The molecule has 2 unspecified atom stereocenters. The van der Waals surface area contributed by atoms with Crippen LogP contribution in [0.2, 0.25) is 0 Å². The van der Waals surface area contributed by atoms with E-state index in [1.54, 1.807) is 19.0 Å². The first-order valence-electron chi connectivity index (χ1n) is 11.6. The molecule has 1 amide bonds. The van der Waals surface area contributed by atoms with Crippen molar-refractivity contribution in [3.63, 3.8) is 0 Å². The summed E-state index contributed by atoms with van der Waals surface area (Å²) in [4.78, 5) is 21.1. The van der Waals surface area contributed by atoms with E-state index in [2.05, 4.69) is 65.8 Å². The lowest BCUT2D eigenvalue weighted by Gasteiger charge is -2.21. The lowest BCUT2D eigenvalue weighted by Crippen LogP contribution is -2.44. The van der Waals surface area contributed by atoms with Crippen molar-refractivity contribution in [2.45, 2.75) is 45.3 Å². The van der Waals surface area contributed by atoms with Crippen LogP contribution in [0.15, 0.2) is 59.6 Å². The first-order chi connectivity index (χ1) is 15.5. The maximum atomic E-state index is 12.2. The Kier molecular flexibility index (Phi) is 8.68. The molecule has 0 aromatic heterocycles. The molecule has 6 nitrogen and oxygen atoms in total. The summed E-state index contributed by atoms with van der Waals surface area (Å²) >= 11 is 0. The van der Waals surface area contributed by atoms with Crippen LogP contribution in [0, 0.1) is 0 Å². The monoisotopic (exact) mass is 435 g/mol. The largest absolute Gasteiger partial charge is 0.357 e. The number of benzene rings is 2. The van der Waals surface area contributed by atoms with E-state index in [0.717, 1.165) is 49.6 Å². The van der Waals surface area contributed by atoms with E-state index in [1.165, 1.54) is 5.56 Å². The fraction of sp³-hybridized carbons (Fsp3) is 0.462. The van der Waals surface area contributed by atoms with Crippen LogP contribution in [0.3, 0.4) is 0 Å². The molecule has 2 aromatic carbocycles. The van der Waals surface area contributed by atoms with E-state index in [0.29, 0.717) is 18.6 Å². The number of hydrogen-bond acceptors (Lipinski definition) is 3. The highest BCUT2D eigenvalue weighted by Gasteiger charge is 2.29. The first kappa shape index (κ1) is 23.8. The van der Waals surface area contributed by atoms with Crippen molar-refractivity contribution in [2.24, 2.45) is 4.99 Å². The van der Waals surface area contributed by atoms with Gasteiger partial charge in [0.25, 0.3) is 5.91 Å². The van der Waals surface area contributed by atoms with Gasteiger partial charge in [-0.25, -0.2) is 0 Å². The Morgan fingerprint density at radius 3 is 2.59 bits per heavy atom. The van der Waals surface area contributed by atoms with Crippen LogP contribution in [0.5, 0.6) is 0 Å². The van der Waals surface area contributed by atoms with Crippen LogP contribution >= 0.6 is 0 Å². The van der Waals surface area contributed by atoms with Gasteiger partial charge in [0.15, 0.2) is 5.96 Å². The van der Waals surface area contributed by atoms with Gasteiger partial charge in [-0.3, -0.25) is 14.7 Å². The first-order valence-corrected chi connectivity index (χ1v) is 11.6. The predicted molar refractivity (Wildman–Crippen MR) is 132 cm³/mol. The van der Waals surface area contributed by atoms with Crippen molar-refractivity contribution >= 4 is 11.9 Å². The fourth-order valence-corrected chi connectivity index (χ4v) is 4.17. The van der Waals surface area contributed by atoms with Crippen LogP contribution in [0.1, 0.15) is 41.8 Å². The molecule has 6 heteroatoms. The van der Waals surface area contributed by atoms with E-state index in [9.17, 15) is 4.79 Å². The van der Waals surface area contributed by atoms with Crippen molar-refractivity contribution in [3.8, 4) is 0 Å². The second kappa shape index (κ2) is 11.7. The number of aliphatic imine (C=N–C) groups is 1. The molecule has 0 bridgehead atoms. The van der Waals surface area contributed by atoms with Crippen LogP contribution in [-0.2, 0) is 13.0 Å². The summed E-state index contributed by atoms with van der Waals surface area (Å²) in [6.07, 6.45) is 1.90. The molecular weight excluding hydrogens is 398 g/mol. The van der Waals surface area contributed by atoms with Crippen LogP contribution in [0.25, 0.3) is 0 Å². The van der Waals surface area contributed by atoms with E-state index in [4.69, 9.17) is 4.99 Å². The Labute approximate surface area is 192 Å². The molecule has 2 aromatic rings. The quantitative estimate of drug-likeness (QED) is 0.494. The van der Waals surface area contributed by atoms with E-state index in [1.807, 2.05) is 18.2 Å². The van der Waals surface area contributed by atoms with Crippen LogP contribution in [-0.4, -0.2) is 67.5 Å². The number of rotatable bonds is 8. The summed E-state index contributed by atoms with van der Waals surface area (Å²) in [7, 11) is 3.55. The maximum Gasteiger partial charge on any atom is 0.253 e. The highest BCUT2D eigenvalue weighted by atomic mass is 16.2. The standard InChI is InChI=1S/C26H37N5O/c1-5-27-26(28-15-14-21-12-9-13-23(17-21)25(32)30(3)4)29-24-16-20(2)31(19-24)18-22-10-7-6-8-11-22/h6-13,17,20,24H,5,14-16,18-19H2,1-4H3,(H2,27,28,29). The van der Waals surface area contributed by atoms with Gasteiger partial charge in [0.1, 0.15) is 0 Å². The zero-order valence-corrected chi connectivity index (χ0v) is 19.8. The van der Waals surface area contributed by atoms with Crippen molar-refractivity contribution in [1.82, 2.24) is 20.4 Å². The molecule has 1 aliphatic heterocycles. The van der Waals surface area contributed by atoms with Crippen molar-refractivity contribution in [3.05, 3.63) is 71.3 Å². The number of nitrogens with zero attached hydrogens (tertiary/aromatic N) is 3. The molecule has 1 heterocycles. The van der Waals surface area contributed by atoms with Gasteiger partial charge in [-0.05, 0) is 49.9 Å². The van der Waals surface area contributed by atoms with E-state index < -0.39 is 0 Å². The summed E-state index contributed by atoms with van der Waals surface area (Å²) in [6, 6.07) is 19.4. The predicted octanol–water partition coefficient (Wildman–Crippen LogP) is 3.15. The SMILES string of the molecule is CCNC(=NCCc1cccc(C(=O)N(C)C)c1)NC1CC(C)N(Cc2ccccc2)C1. The van der Waals surface area contributed by atoms with Gasteiger partial charge < -0.3 is 15.5 Å². The third-order valence-corrected chi connectivity index (χ3v) is 5.87. The number of carbonyl (C=O) groups excluding carboxylic acids is 1. The fourth-order valence-electron chi connectivity index (χ4n) is 4.17. The van der Waals surface area contributed by atoms with Crippen LogP contribution < -0.4 is 10.6 Å². The van der Waals surface area contributed by atoms with Crippen molar-refractivity contribution in [2.75, 3.05) is 33.7 Å². The maximum absolute atomic E-state index is 12.2. The summed E-state index contributed by atoms with van der Waals surface area (Å²) in [5, 5.41) is 7.01. The second-order valence-electron chi connectivity index (χ2n) is 8.75. The van der Waals surface area contributed by atoms with Gasteiger partial charge in [-0.15, -0.1) is 0 Å². The van der Waals surface area contributed by atoms with Gasteiger partial charge in [0.05, 0.1) is 0 Å². The van der Waals surface area contributed by atoms with Gasteiger partial charge in [0, 0.05) is 57.9 Å². The molecule has 1 saturated heterocycles. The Morgan fingerprint density at radius 2 is 1.88 bits per heavy atom. The lowest BCUT2D eigenvalue weighted by atomic mass is 10.1. The van der Waals surface area contributed by atoms with E-state index in [-0.39, 0.29) is 5.91 Å². The molecule has 1 aliphatic rings. The smallest absolute Gasteiger partial charge is 0.253 e. The molecule has 2 N–H and O–H groups in total. The van der Waals surface area contributed by atoms with E-state index >= 15 is 0 Å². The summed E-state index contributed by atoms with van der Waals surface area (Å²) in [6.45, 7) is 7.88. The normalized spacial score (nSPS) is 19.1. The highest BCUT2D eigenvalue weighted by molar-refractivity contribution is 5.94. The van der Waals surface area contributed by atoms with Gasteiger partial charge in [0.2, 0.25) is 0 Å². The molecule has 0 aliphatic carbocycles. The molecule has 0 radical (unpaired) electrons. The minimum Gasteiger partial charge on any atom is -0.357 e. The average Bonchev–Trinajstić information content (AvgIpc) is 3.12. The molecule has 172 valence electrons.